The molecule has 1 aliphatic heterocycles. The first-order chi connectivity index (χ1) is 22.7. The summed E-state index contributed by atoms with van der Waals surface area (Å²) in [6.07, 6.45) is 3.00. The van der Waals surface area contributed by atoms with E-state index in [2.05, 4.69) is 15.9 Å². The van der Waals surface area contributed by atoms with Gasteiger partial charge in [0.2, 0.25) is 0 Å². The topological polar surface area (TPSA) is 131 Å². The van der Waals surface area contributed by atoms with Crippen LogP contribution >= 0.6 is 27.3 Å². The molecule has 0 amide bonds. The molecule has 13 heteroatoms. The van der Waals surface area contributed by atoms with Gasteiger partial charge in [-0.2, -0.15) is 0 Å². The first kappa shape index (κ1) is 33.6. The average molecular weight is 723 g/mol. The van der Waals surface area contributed by atoms with Gasteiger partial charge < -0.3 is 18.9 Å². The summed E-state index contributed by atoms with van der Waals surface area (Å²) in [5, 5.41) is 10.9. The van der Waals surface area contributed by atoms with Gasteiger partial charge in [0.15, 0.2) is 16.3 Å². The van der Waals surface area contributed by atoms with Crippen molar-refractivity contribution in [3.8, 4) is 17.2 Å². The van der Waals surface area contributed by atoms with Crippen molar-refractivity contribution in [2.24, 2.45) is 4.99 Å². The van der Waals surface area contributed by atoms with E-state index in [-0.39, 0.29) is 24.5 Å². The number of carbonyl (C=O) groups excluding carboxylic acids is 1. The number of benzene rings is 3. The highest BCUT2D eigenvalue weighted by Gasteiger charge is 2.36. The van der Waals surface area contributed by atoms with Crippen molar-refractivity contribution in [2.75, 3.05) is 20.8 Å². The molecule has 1 aliphatic rings. The van der Waals surface area contributed by atoms with E-state index in [1.54, 1.807) is 56.5 Å². The highest BCUT2D eigenvalue weighted by molar-refractivity contribution is 9.10. The van der Waals surface area contributed by atoms with Crippen LogP contribution in [-0.4, -0.2) is 36.3 Å². The molecule has 0 radical (unpaired) electrons. The van der Waals surface area contributed by atoms with Crippen molar-refractivity contribution in [1.29, 1.82) is 0 Å². The van der Waals surface area contributed by atoms with Gasteiger partial charge in [-0.3, -0.25) is 19.5 Å². The Morgan fingerprint density at radius 1 is 1.04 bits per heavy atom. The van der Waals surface area contributed by atoms with Crippen LogP contribution in [0.4, 0.5) is 5.69 Å². The van der Waals surface area contributed by atoms with Crippen LogP contribution in [0.2, 0.25) is 0 Å². The Labute approximate surface area is 282 Å². The summed E-state index contributed by atoms with van der Waals surface area (Å²) in [6, 6.07) is 16.0. The third kappa shape index (κ3) is 7.15. The molecule has 47 heavy (non-hydrogen) atoms. The number of methoxy groups -OCH3 is 2. The van der Waals surface area contributed by atoms with Crippen molar-refractivity contribution in [3.63, 3.8) is 0 Å². The van der Waals surface area contributed by atoms with Gasteiger partial charge >= 0.3 is 5.97 Å². The maximum absolute atomic E-state index is 14.2. The number of hydrogen-bond acceptors (Lipinski definition) is 10. The second kappa shape index (κ2) is 14.8. The summed E-state index contributed by atoms with van der Waals surface area (Å²) < 4.78 is 25.4. The highest BCUT2D eigenvalue weighted by atomic mass is 79.9. The van der Waals surface area contributed by atoms with E-state index in [1.807, 2.05) is 19.1 Å². The van der Waals surface area contributed by atoms with Gasteiger partial charge in [-0.1, -0.05) is 46.7 Å². The number of fused-ring (bicyclic) bond motifs is 1. The minimum Gasteiger partial charge on any atom is -0.496 e. The summed E-state index contributed by atoms with van der Waals surface area (Å²) in [7, 11) is 3.06. The molecule has 1 aromatic heterocycles. The zero-order valence-corrected chi connectivity index (χ0v) is 28.6. The lowest BCUT2D eigenvalue weighted by atomic mass is 9.93. The molecule has 0 saturated carbocycles. The molecule has 244 valence electrons. The van der Waals surface area contributed by atoms with Gasteiger partial charge in [0.05, 0.1) is 41.6 Å². The Morgan fingerprint density at radius 2 is 1.77 bits per heavy atom. The lowest BCUT2D eigenvalue weighted by molar-refractivity contribution is -0.384. The molecular formula is C34H32BrN3O8S. The van der Waals surface area contributed by atoms with Crippen LogP contribution in [0.25, 0.3) is 6.08 Å². The van der Waals surface area contributed by atoms with Crippen molar-refractivity contribution < 1.29 is 28.7 Å². The van der Waals surface area contributed by atoms with Crippen molar-refractivity contribution >= 4 is 45.0 Å². The summed E-state index contributed by atoms with van der Waals surface area (Å²) in [6.45, 7) is 4.09. The molecule has 0 aliphatic carbocycles. The number of allylic oxidation sites excluding steroid dienone is 1. The SMILES string of the molecule is CCCC1=C(C(=O)OCC)[C@@H](c2cc(Br)ccc2OC)n2c(s/c(=C/c3ccc(OCc4ccc([N+](=O)[O-])cc4)c(OC)c3)c2=O)=N1. The molecule has 2 heterocycles. The van der Waals surface area contributed by atoms with Gasteiger partial charge in [-0.05, 0) is 73.0 Å². The number of esters is 1. The number of ether oxygens (including phenoxy) is 4. The fourth-order valence-electron chi connectivity index (χ4n) is 5.25. The minimum atomic E-state index is -0.828. The average Bonchev–Trinajstić information content (AvgIpc) is 3.37. The predicted octanol–water partition coefficient (Wildman–Crippen LogP) is 5.85. The maximum Gasteiger partial charge on any atom is 0.338 e. The molecule has 1 atom stereocenters. The zero-order valence-electron chi connectivity index (χ0n) is 26.2. The summed E-state index contributed by atoms with van der Waals surface area (Å²) in [5.74, 6) is 0.894. The molecule has 0 unspecified atom stereocenters. The molecule has 0 spiro atoms. The fraction of sp³-hybridized carbons (Fsp3) is 0.265. The number of nitro benzene ring substituents is 1. The quantitative estimate of drug-likeness (QED) is 0.101. The van der Waals surface area contributed by atoms with E-state index < -0.39 is 16.9 Å². The van der Waals surface area contributed by atoms with Crippen LogP contribution in [-0.2, 0) is 16.1 Å². The van der Waals surface area contributed by atoms with Crippen molar-refractivity contribution in [3.05, 3.63) is 123 Å². The van der Waals surface area contributed by atoms with Gasteiger partial charge in [-0.25, -0.2) is 9.79 Å². The molecule has 4 aromatic rings. The summed E-state index contributed by atoms with van der Waals surface area (Å²) >= 11 is 4.76. The van der Waals surface area contributed by atoms with Crippen LogP contribution in [0, 0.1) is 10.1 Å². The molecule has 0 saturated heterocycles. The first-order valence-electron chi connectivity index (χ1n) is 14.8. The van der Waals surface area contributed by atoms with Crippen LogP contribution < -0.4 is 29.1 Å². The van der Waals surface area contributed by atoms with Crippen LogP contribution in [0.3, 0.4) is 0 Å². The number of nitrogens with zero attached hydrogens (tertiary/aromatic N) is 3. The number of hydrogen-bond donors (Lipinski definition) is 0. The Hall–Kier alpha value is -4.75. The lowest BCUT2D eigenvalue weighted by Gasteiger charge is -2.27. The fourth-order valence-corrected chi connectivity index (χ4v) is 6.65. The number of rotatable bonds is 12. The van der Waals surface area contributed by atoms with E-state index in [0.29, 0.717) is 55.4 Å². The molecule has 0 bridgehead atoms. The largest absolute Gasteiger partial charge is 0.496 e. The van der Waals surface area contributed by atoms with Crippen LogP contribution in [0.1, 0.15) is 49.4 Å². The maximum atomic E-state index is 14.2. The monoisotopic (exact) mass is 721 g/mol. The van der Waals surface area contributed by atoms with Gasteiger partial charge in [-0.15, -0.1) is 0 Å². The van der Waals surface area contributed by atoms with E-state index >= 15 is 0 Å². The zero-order chi connectivity index (χ0) is 33.7. The van der Waals surface area contributed by atoms with Crippen LogP contribution in [0.5, 0.6) is 17.2 Å². The standard InChI is InChI=1S/C34H32BrN3O8S/c1-5-7-25-30(33(40)45-6-2)31(24-18-22(35)11-15-26(24)43-3)37-32(39)29(47-34(37)36-25)17-21-10-14-27(28(16-21)44-4)46-19-20-8-12-23(13-9-20)38(41)42/h8-18,31H,5-7,19H2,1-4H3/b29-17+/t31-/m1/s1. The number of thiazole rings is 1. The number of non-ortho nitro benzene ring substituents is 1. The van der Waals surface area contributed by atoms with Gasteiger partial charge in [0.1, 0.15) is 18.4 Å². The van der Waals surface area contributed by atoms with Gasteiger partial charge in [0, 0.05) is 22.2 Å². The number of aromatic nitrogens is 1. The number of nitro groups is 1. The second-order valence-corrected chi connectivity index (χ2v) is 12.3. The molecule has 3 aromatic carbocycles. The van der Waals surface area contributed by atoms with Crippen molar-refractivity contribution in [1.82, 2.24) is 4.57 Å². The van der Waals surface area contributed by atoms with E-state index in [0.717, 1.165) is 16.5 Å². The van der Waals surface area contributed by atoms with E-state index in [4.69, 9.17) is 23.9 Å². The Bertz CT molecular complexity index is 2040. The number of carbonyl (C=O) groups is 1. The van der Waals surface area contributed by atoms with Crippen LogP contribution in [0.15, 0.2) is 86.2 Å². The highest BCUT2D eigenvalue weighted by Crippen LogP contribution is 2.38. The second-order valence-electron chi connectivity index (χ2n) is 10.4. The summed E-state index contributed by atoms with van der Waals surface area (Å²) in [5.41, 5.74) is 2.62. The number of halogens is 1. The molecule has 11 nitrogen and oxygen atoms in total. The Morgan fingerprint density at radius 3 is 2.43 bits per heavy atom. The van der Waals surface area contributed by atoms with Gasteiger partial charge in [0.25, 0.3) is 11.2 Å². The summed E-state index contributed by atoms with van der Waals surface area (Å²) in [4.78, 5) is 43.4. The molecule has 0 N–H and O–H groups in total. The van der Waals surface area contributed by atoms with E-state index in [9.17, 15) is 19.7 Å². The molecule has 0 fully saturated rings. The third-order valence-corrected chi connectivity index (χ3v) is 8.88. The Balaban J connectivity index is 1.58. The van der Waals surface area contributed by atoms with Crippen molar-refractivity contribution in [2.45, 2.75) is 39.3 Å². The lowest BCUT2D eigenvalue weighted by Crippen LogP contribution is -2.40. The predicted molar refractivity (Wildman–Crippen MR) is 181 cm³/mol. The smallest absolute Gasteiger partial charge is 0.338 e. The first-order valence-corrected chi connectivity index (χ1v) is 16.4. The third-order valence-electron chi connectivity index (χ3n) is 7.41. The minimum absolute atomic E-state index is 0.00163. The van der Waals surface area contributed by atoms with E-state index in [1.165, 1.54) is 35.1 Å². The Kier molecular flexibility index (Phi) is 10.6. The normalized spacial score (nSPS) is 14.3. The molecular weight excluding hydrogens is 690 g/mol. The molecule has 5 rings (SSSR count).